The molecule has 23 nitrogen and oxygen atoms in total. The summed E-state index contributed by atoms with van der Waals surface area (Å²) in [5.41, 5.74) is 4.77. The first kappa shape index (κ1) is 50.9. The molecular weight excluding hydrogens is 961 g/mol. The molecule has 6 N–H and O–H groups in total. The number of aliphatic hydroxyl groups excluding tert-OH is 3. The average Bonchev–Trinajstić information content (AvgIpc) is 4.02. The van der Waals surface area contributed by atoms with E-state index in [9.17, 15) is 62.4 Å². The number of alkyl halides is 3. The lowest BCUT2D eigenvalue weighted by Gasteiger charge is -2.53. The van der Waals surface area contributed by atoms with E-state index in [1.165, 1.54) is 50.8 Å². The van der Waals surface area contributed by atoms with Gasteiger partial charge >= 0.3 is 24.3 Å². The van der Waals surface area contributed by atoms with E-state index in [4.69, 9.17) is 19.9 Å². The summed E-state index contributed by atoms with van der Waals surface area (Å²) in [6.45, 7) is 1.21. The maximum Gasteiger partial charge on any atom is 0.436 e. The number of halogens is 4. The van der Waals surface area contributed by atoms with Gasteiger partial charge in [-0.3, -0.25) is 18.9 Å². The second-order valence-electron chi connectivity index (χ2n) is 17.7. The number of carboxylic acids is 1. The summed E-state index contributed by atoms with van der Waals surface area (Å²) >= 11 is 0. The van der Waals surface area contributed by atoms with Gasteiger partial charge < -0.3 is 55.1 Å². The van der Waals surface area contributed by atoms with Gasteiger partial charge in [0.2, 0.25) is 6.29 Å². The lowest BCUT2D eigenvalue weighted by molar-refractivity contribution is -0.271. The molecule has 3 saturated heterocycles. The third-order valence-electron chi connectivity index (χ3n) is 13.0. The van der Waals surface area contributed by atoms with Crippen LogP contribution in [0.4, 0.5) is 32.8 Å². The van der Waals surface area contributed by atoms with Crippen molar-refractivity contribution in [1.82, 2.24) is 48.9 Å². The number of likely N-dealkylation sites (tertiary alicyclic amines) is 2. The second kappa shape index (κ2) is 20.3. The molecule has 7 heterocycles. The number of hydrogen-bond donors (Lipinski definition) is 5. The Bertz CT molecular complexity index is 2900. The lowest BCUT2D eigenvalue weighted by Crippen LogP contribution is -2.66. The topological polar surface area (TPSA) is 301 Å². The van der Waals surface area contributed by atoms with E-state index < -0.39 is 83.5 Å². The van der Waals surface area contributed by atoms with Crippen LogP contribution in [0.3, 0.4) is 0 Å². The molecule has 0 unspecified atom stereocenters. The van der Waals surface area contributed by atoms with E-state index in [0.29, 0.717) is 53.8 Å². The molecule has 8 rings (SSSR count). The number of carboxylic acid groups (broad SMARTS) is 1. The Kier molecular flexibility index (Phi) is 14.3. The van der Waals surface area contributed by atoms with Gasteiger partial charge in [-0.25, -0.2) is 33.7 Å². The Labute approximate surface area is 406 Å². The third-order valence-corrected chi connectivity index (χ3v) is 13.0. The van der Waals surface area contributed by atoms with Crippen LogP contribution in [0.15, 0.2) is 61.4 Å². The number of anilines is 1. The standard InChI is InChI=1S/C45H48F4N12O11/c1-56(15-16-57(2)43(69)70-20-24-3-4-30(29(51)17-24)71-41-35(64)33(62)34(63)36(72-41)40(66)67)42(68)60-14-8-28-32(53-23-54-38(28)60)25-18-55-61(19-25)44(9-10-50)21-59(22-44)26-6-12-58(13-7-26)39(65)27-5-11-52-37(31(27)46)45(47,48)49/h3-5,8,11,14,17-19,23,26,33-36,41,62-64H,6-7,9,12-13,15-16,20-22,51H2,1-2H3,(H,66,67)/t33-,34-,35+,36-,41+/m0/s1. The minimum absolute atomic E-state index is 0.00357. The molecule has 27 heteroatoms. The van der Waals surface area contributed by atoms with E-state index in [1.54, 1.807) is 36.4 Å². The number of hydrogen-bond acceptors (Lipinski definition) is 17. The largest absolute Gasteiger partial charge is 0.479 e. The predicted molar refractivity (Wildman–Crippen MR) is 239 cm³/mol. The summed E-state index contributed by atoms with van der Waals surface area (Å²) in [5, 5.41) is 54.5. The minimum atomic E-state index is -5.05. The molecule has 5 aromatic rings. The average molecular weight is 1010 g/mol. The molecule has 5 atom stereocenters. The van der Waals surface area contributed by atoms with Gasteiger partial charge in [0, 0.05) is 88.9 Å². The molecule has 0 radical (unpaired) electrons. The fourth-order valence-electron chi connectivity index (χ4n) is 8.90. The lowest BCUT2D eigenvalue weighted by atomic mass is 9.83. The van der Waals surface area contributed by atoms with Crippen LogP contribution in [0.2, 0.25) is 0 Å². The summed E-state index contributed by atoms with van der Waals surface area (Å²) in [6.07, 6.45) is -6.82. The van der Waals surface area contributed by atoms with Gasteiger partial charge in [0.1, 0.15) is 42.5 Å². The molecule has 3 fully saturated rings. The summed E-state index contributed by atoms with van der Waals surface area (Å²) in [6, 6.07) is 8.67. The molecule has 0 saturated carbocycles. The Balaban J connectivity index is 0.831. The number of aromatic nitrogens is 6. The van der Waals surface area contributed by atoms with Crippen molar-refractivity contribution >= 4 is 40.7 Å². The molecular formula is C45H48F4N12O11. The van der Waals surface area contributed by atoms with Crippen LogP contribution in [0.5, 0.6) is 5.75 Å². The zero-order valence-electron chi connectivity index (χ0n) is 38.5. The van der Waals surface area contributed by atoms with Gasteiger partial charge in [-0.1, -0.05) is 6.07 Å². The van der Waals surface area contributed by atoms with Crippen molar-refractivity contribution in [2.24, 2.45) is 0 Å². The number of carbonyl (C=O) groups excluding carboxylic acids is 3. The van der Waals surface area contributed by atoms with Crippen LogP contribution in [0.25, 0.3) is 22.3 Å². The summed E-state index contributed by atoms with van der Waals surface area (Å²) in [4.78, 5) is 69.1. The van der Waals surface area contributed by atoms with E-state index >= 15 is 0 Å². The van der Waals surface area contributed by atoms with Gasteiger partial charge in [-0.15, -0.1) is 0 Å². The van der Waals surface area contributed by atoms with Crippen LogP contribution >= 0.6 is 0 Å². The van der Waals surface area contributed by atoms with Crippen molar-refractivity contribution in [2.75, 3.05) is 59.1 Å². The minimum Gasteiger partial charge on any atom is -0.479 e. The Morgan fingerprint density at radius 2 is 1.72 bits per heavy atom. The van der Waals surface area contributed by atoms with Crippen LogP contribution in [-0.4, -0.2) is 183 Å². The number of nitriles is 1. The van der Waals surface area contributed by atoms with Crippen LogP contribution in [-0.2, 0) is 32.6 Å². The molecule has 72 heavy (non-hydrogen) atoms. The van der Waals surface area contributed by atoms with E-state index in [1.807, 2.05) is 0 Å². The van der Waals surface area contributed by atoms with Gasteiger partial charge in [-0.05, 0) is 42.7 Å². The highest BCUT2D eigenvalue weighted by Crippen LogP contribution is 2.38. The number of piperidine rings is 1. The van der Waals surface area contributed by atoms with Gasteiger partial charge in [0.15, 0.2) is 23.3 Å². The normalized spacial score (nSPS) is 21.4. The van der Waals surface area contributed by atoms with Gasteiger partial charge in [0.05, 0.1) is 35.6 Å². The first-order valence-corrected chi connectivity index (χ1v) is 22.3. The van der Waals surface area contributed by atoms with Crippen molar-refractivity contribution in [3.8, 4) is 23.1 Å². The number of nitrogens with zero attached hydrogens (tertiary/aromatic N) is 11. The number of nitrogens with two attached hydrogens (primary N) is 1. The molecule has 3 aliphatic heterocycles. The van der Waals surface area contributed by atoms with Crippen molar-refractivity contribution in [1.29, 1.82) is 5.26 Å². The SMILES string of the molecule is CN(CCN(C)C(=O)n1ccc2c(-c3cnn(C4(CC#N)CN(C5CCN(C(=O)c6ccnc(C(F)(F)F)c6F)CC5)C4)c3)ncnc21)C(=O)OCc1ccc(O[C@@H]2O[C@H](C(=O)O)[C@@H](O)[C@H](O)[C@H]2O)c(N)c1. The zero-order chi connectivity index (χ0) is 51.8. The Morgan fingerprint density at radius 3 is 2.40 bits per heavy atom. The molecule has 0 bridgehead atoms. The first-order valence-electron chi connectivity index (χ1n) is 22.3. The second-order valence-corrected chi connectivity index (χ2v) is 17.7. The molecule has 0 aliphatic carbocycles. The molecule has 3 aliphatic rings. The van der Waals surface area contributed by atoms with Crippen molar-refractivity contribution < 1.29 is 71.4 Å². The summed E-state index contributed by atoms with van der Waals surface area (Å²) in [5.74, 6) is -4.17. The number of ether oxygens (including phenoxy) is 3. The van der Waals surface area contributed by atoms with E-state index in [2.05, 4.69) is 31.0 Å². The number of fused-ring (bicyclic) bond motifs is 1. The fourth-order valence-corrected chi connectivity index (χ4v) is 8.90. The quantitative estimate of drug-likeness (QED) is 0.0833. The first-order chi connectivity index (χ1) is 34.2. The number of pyridine rings is 1. The Hall–Kier alpha value is -7.51. The highest BCUT2D eigenvalue weighted by atomic mass is 19.4. The number of aliphatic carboxylic acids is 1. The number of rotatable bonds is 13. The Morgan fingerprint density at radius 1 is 1.00 bits per heavy atom. The van der Waals surface area contributed by atoms with Gasteiger partial charge in [0.25, 0.3) is 5.91 Å². The highest BCUT2D eigenvalue weighted by molar-refractivity contribution is 5.96. The smallest absolute Gasteiger partial charge is 0.436 e. The van der Waals surface area contributed by atoms with Crippen LogP contribution < -0.4 is 10.5 Å². The molecule has 1 aromatic carbocycles. The van der Waals surface area contributed by atoms with Crippen molar-refractivity contribution in [2.45, 2.75) is 74.3 Å². The number of amides is 3. The molecule has 382 valence electrons. The van der Waals surface area contributed by atoms with Crippen molar-refractivity contribution in [3.63, 3.8) is 0 Å². The zero-order valence-corrected chi connectivity index (χ0v) is 38.5. The maximum absolute atomic E-state index is 14.7. The van der Waals surface area contributed by atoms with Gasteiger partial charge in [-0.2, -0.15) is 23.5 Å². The molecule has 0 spiro atoms. The fraction of sp³-hybridized carbons (Fsp3) is 0.444. The number of nitrogen functional groups attached to an aromatic ring is 1. The molecule has 4 aromatic heterocycles. The number of carbonyl (C=O) groups is 4. The summed E-state index contributed by atoms with van der Waals surface area (Å²) < 4.78 is 73.5. The third kappa shape index (κ3) is 10.0. The van der Waals surface area contributed by atoms with E-state index in [-0.39, 0.29) is 56.7 Å². The van der Waals surface area contributed by atoms with Crippen LogP contribution in [0.1, 0.15) is 40.9 Å². The number of likely N-dealkylation sites (N-methyl/N-ethyl adjacent to an activating group) is 2. The predicted octanol–water partition coefficient (Wildman–Crippen LogP) is 2.10. The summed E-state index contributed by atoms with van der Waals surface area (Å²) in [7, 11) is 3.03. The van der Waals surface area contributed by atoms with E-state index in [0.717, 1.165) is 12.3 Å². The molecule has 3 amide bonds. The number of aliphatic hydroxyl groups is 3. The van der Waals surface area contributed by atoms with Crippen LogP contribution in [0, 0.1) is 17.1 Å². The monoisotopic (exact) mass is 1010 g/mol. The highest BCUT2D eigenvalue weighted by Gasteiger charge is 2.50. The van der Waals surface area contributed by atoms with Crippen molar-refractivity contribution in [3.05, 3.63) is 84.1 Å². The number of benzene rings is 1. The maximum atomic E-state index is 14.7.